The first kappa shape index (κ1) is 32.5. The van der Waals surface area contributed by atoms with E-state index in [0.717, 1.165) is 51.4 Å². The Kier molecular flexibility index (Phi) is 21.2. The molecule has 0 unspecified atom stereocenters. The van der Waals surface area contributed by atoms with Gasteiger partial charge in [-0.2, -0.15) is 5.06 Å². The molecular weight excluding hydrogens is 424 g/mol. The SMILES string of the molecule is CCCCCCN(CCCCCC)OC(C(=O)[O-])(C(=O)[O-])c1ccccc1.[K+].[K+]. The monoisotopic (exact) mass is 455 g/mol. The molecule has 0 aromatic heterocycles. The van der Waals surface area contributed by atoms with E-state index in [9.17, 15) is 19.8 Å². The number of nitrogens with zero attached hydrogens (tertiary/aromatic N) is 1. The topological polar surface area (TPSA) is 92.7 Å². The summed E-state index contributed by atoms with van der Waals surface area (Å²) in [4.78, 5) is 29.4. The average Bonchev–Trinajstić information content (AvgIpc) is 2.66. The van der Waals surface area contributed by atoms with Gasteiger partial charge in [0.15, 0.2) is 5.60 Å². The Morgan fingerprint density at radius 3 is 1.66 bits per heavy atom. The molecule has 0 N–H and O–H groups in total. The van der Waals surface area contributed by atoms with Crippen molar-refractivity contribution < 1.29 is 127 Å². The molecule has 1 rings (SSSR count). The minimum absolute atomic E-state index is 0. The summed E-state index contributed by atoms with van der Waals surface area (Å²) in [5.74, 6) is -3.67. The Hall–Kier alpha value is 1.35. The number of carbonyl (C=O) groups is 2. The number of carboxylic acids is 2. The number of hydrogen-bond donors (Lipinski definition) is 0. The van der Waals surface area contributed by atoms with Crippen LogP contribution in [0.2, 0.25) is 0 Å². The van der Waals surface area contributed by atoms with Crippen LogP contribution < -0.4 is 113 Å². The number of unbranched alkanes of at least 4 members (excludes halogenated alkanes) is 6. The van der Waals surface area contributed by atoms with Gasteiger partial charge in [-0.05, 0) is 18.4 Å². The molecule has 0 aliphatic rings. The quantitative estimate of drug-likeness (QED) is 0.115. The summed E-state index contributed by atoms with van der Waals surface area (Å²) >= 11 is 0. The number of hydrogen-bond acceptors (Lipinski definition) is 6. The summed E-state index contributed by atoms with van der Waals surface area (Å²) in [6.45, 7) is 5.12. The van der Waals surface area contributed by atoms with E-state index in [-0.39, 0.29) is 108 Å². The van der Waals surface area contributed by atoms with E-state index in [1.165, 1.54) is 17.2 Å². The minimum Gasteiger partial charge on any atom is -0.546 e. The van der Waals surface area contributed by atoms with Crippen molar-refractivity contribution in [3.05, 3.63) is 35.9 Å². The molecule has 0 saturated carbocycles. The van der Waals surface area contributed by atoms with Gasteiger partial charge in [0.2, 0.25) is 0 Å². The Morgan fingerprint density at radius 1 is 0.828 bits per heavy atom. The first-order valence-corrected chi connectivity index (χ1v) is 9.91. The number of carboxylic acid groups (broad SMARTS) is 2. The molecule has 0 bridgehead atoms. The summed E-state index contributed by atoms with van der Waals surface area (Å²) < 4.78 is 0. The Balaban J connectivity index is 0. The van der Waals surface area contributed by atoms with E-state index in [4.69, 9.17) is 4.84 Å². The van der Waals surface area contributed by atoms with Crippen molar-refractivity contribution >= 4 is 11.9 Å². The smallest absolute Gasteiger partial charge is 0.546 e. The molecule has 0 heterocycles. The number of benzene rings is 1. The third-order valence-corrected chi connectivity index (χ3v) is 4.54. The van der Waals surface area contributed by atoms with Crippen LogP contribution in [0.25, 0.3) is 0 Å². The number of hydroxylamine groups is 2. The van der Waals surface area contributed by atoms with Gasteiger partial charge in [0.1, 0.15) is 0 Å². The zero-order chi connectivity index (χ0) is 20.1. The molecule has 0 spiro atoms. The molecule has 1 aromatic rings. The molecule has 0 aliphatic heterocycles. The molecule has 8 heteroatoms. The van der Waals surface area contributed by atoms with Gasteiger partial charge in [-0.3, -0.25) is 4.84 Å². The standard InChI is InChI=1S/C21H33NO5.2K/c1-3-5-7-12-16-22(17-13-8-6-4-2)27-21(19(23)24,20(25)26)18-14-10-9-11-15-18;;/h9-11,14-15H,3-8,12-13,16-17H2,1-2H3,(H,23,24)(H,25,26);;/q;2*+1/p-2. The predicted octanol–water partition coefficient (Wildman–Crippen LogP) is -4.22. The van der Waals surface area contributed by atoms with E-state index in [1.54, 1.807) is 18.2 Å². The van der Waals surface area contributed by atoms with Crippen LogP contribution in [0.1, 0.15) is 70.8 Å². The van der Waals surface area contributed by atoms with Crippen LogP contribution in [0.3, 0.4) is 0 Å². The van der Waals surface area contributed by atoms with Crippen molar-refractivity contribution in [2.24, 2.45) is 0 Å². The van der Waals surface area contributed by atoms with Crippen LogP contribution in [-0.4, -0.2) is 30.1 Å². The van der Waals surface area contributed by atoms with Crippen molar-refractivity contribution in [1.82, 2.24) is 5.06 Å². The largest absolute Gasteiger partial charge is 1.00 e. The van der Waals surface area contributed by atoms with Crippen LogP contribution in [0.15, 0.2) is 30.3 Å². The fraction of sp³-hybridized carbons (Fsp3) is 0.619. The first-order chi connectivity index (χ1) is 13.0. The van der Waals surface area contributed by atoms with Crippen LogP contribution in [0.5, 0.6) is 0 Å². The van der Waals surface area contributed by atoms with Crippen molar-refractivity contribution in [2.75, 3.05) is 13.1 Å². The van der Waals surface area contributed by atoms with E-state index >= 15 is 0 Å². The number of carbonyl (C=O) groups excluding carboxylic acids is 2. The van der Waals surface area contributed by atoms with Gasteiger partial charge in [0.25, 0.3) is 0 Å². The number of aliphatic carboxylic acids is 2. The van der Waals surface area contributed by atoms with Gasteiger partial charge in [-0.15, -0.1) is 0 Å². The zero-order valence-corrected chi connectivity index (χ0v) is 24.7. The van der Waals surface area contributed by atoms with Gasteiger partial charge in [-0.25, -0.2) is 0 Å². The molecule has 0 saturated heterocycles. The fourth-order valence-electron chi connectivity index (χ4n) is 2.95. The Morgan fingerprint density at radius 2 is 1.28 bits per heavy atom. The van der Waals surface area contributed by atoms with E-state index in [0.29, 0.717) is 13.1 Å². The average molecular weight is 456 g/mol. The van der Waals surface area contributed by atoms with Crippen LogP contribution >= 0.6 is 0 Å². The Bertz CT molecular complexity index is 545. The van der Waals surface area contributed by atoms with Gasteiger partial charge in [-0.1, -0.05) is 82.7 Å². The van der Waals surface area contributed by atoms with Crippen molar-refractivity contribution in [1.29, 1.82) is 0 Å². The van der Waals surface area contributed by atoms with E-state index < -0.39 is 17.5 Å². The molecule has 1 aromatic carbocycles. The molecular formula is C21H31K2NO5. The van der Waals surface area contributed by atoms with Gasteiger partial charge < -0.3 is 19.8 Å². The molecule has 0 aliphatic carbocycles. The molecule has 0 fully saturated rings. The summed E-state index contributed by atoms with van der Waals surface area (Å²) in [6.07, 6.45) is 7.81. The van der Waals surface area contributed by atoms with Gasteiger partial charge in [0.05, 0.1) is 11.9 Å². The predicted molar refractivity (Wildman–Crippen MR) is 99.1 cm³/mol. The molecule has 29 heavy (non-hydrogen) atoms. The third-order valence-electron chi connectivity index (χ3n) is 4.54. The third kappa shape index (κ3) is 11.2. The fourth-order valence-corrected chi connectivity index (χ4v) is 2.95. The normalized spacial score (nSPS) is 10.9. The first-order valence-electron chi connectivity index (χ1n) is 9.91. The second-order valence-corrected chi connectivity index (χ2v) is 6.76. The van der Waals surface area contributed by atoms with Crippen LogP contribution in [0.4, 0.5) is 0 Å². The maximum Gasteiger partial charge on any atom is 1.00 e. The van der Waals surface area contributed by atoms with E-state index in [2.05, 4.69) is 13.8 Å². The second-order valence-electron chi connectivity index (χ2n) is 6.76. The van der Waals surface area contributed by atoms with Gasteiger partial charge in [0, 0.05) is 13.1 Å². The summed E-state index contributed by atoms with van der Waals surface area (Å²) in [5.41, 5.74) is -2.67. The maximum atomic E-state index is 11.9. The molecule has 0 atom stereocenters. The second kappa shape index (κ2) is 18.9. The number of rotatable bonds is 15. The van der Waals surface area contributed by atoms with Gasteiger partial charge >= 0.3 is 103 Å². The van der Waals surface area contributed by atoms with Crippen molar-refractivity contribution in [3.8, 4) is 0 Å². The maximum absolute atomic E-state index is 11.9. The van der Waals surface area contributed by atoms with Crippen LogP contribution in [0, 0.1) is 0 Å². The summed E-state index contributed by atoms with van der Waals surface area (Å²) in [5, 5.41) is 25.2. The minimum atomic E-state index is -2.66. The summed E-state index contributed by atoms with van der Waals surface area (Å²) in [6, 6.07) is 7.60. The molecule has 0 radical (unpaired) electrons. The van der Waals surface area contributed by atoms with Crippen molar-refractivity contribution in [3.63, 3.8) is 0 Å². The van der Waals surface area contributed by atoms with Crippen LogP contribution in [-0.2, 0) is 20.0 Å². The zero-order valence-electron chi connectivity index (χ0n) is 18.4. The Labute approximate surface area is 259 Å². The van der Waals surface area contributed by atoms with Crippen molar-refractivity contribution in [2.45, 2.75) is 70.8 Å². The summed E-state index contributed by atoms with van der Waals surface area (Å²) in [7, 11) is 0. The molecule has 152 valence electrons. The van der Waals surface area contributed by atoms with E-state index in [1.807, 2.05) is 0 Å². The molecule has 6 nitrogen and oxygen atoms in total. The molecule has 0 amide bonds.